The Hall–Kier alpha value is -1.88. The summed E-state index contributed by atoms with van der Waals surface area (Å²) >= 11 is 3.30. The van der Waals surface area contributed by atoms with E-state index >= 15 is 0 Å². The molecule has 0 aliphatic carbocycles. The van der Waals surface area contributed by atoms with Crippen LogP contribution < -0.4 is 11.1 Å². The molecule has 0 heterocycles. The van der Waals surface area contributed by atoms with E-state index in [0.717, 1.165) is 10.2 Å². The summed E-state index contributed by atoms with van der Waals surface area (Å²) in [7, 11) is 0. The van der Waals surface area contributed by atoms with Crippen LogP contribution in [0.5, 0.6) is 0 Å². The highest BCUT2D eigenvalue weighted by Gasteiger charge is 2.02. The number of anilines is 1. The van der Waals surface area contributed by atoms with Gasteiger partial charge in [-0.2, -0.15) is 0 Å². The van der Waals surface area contributed by atoms with Crippen molar-refractivity contribution in [3.63, 3.8) is 0 Å². The zero-order valence-corrected chi connectivity index (χ0v) is 12.6. The third-order valence-electron chi connectivity index (χ3n) is 2.75. The second-order valence-corrected chi connectivity index (χ2v) is 5.34. The van der Waals surface area contributed by atoms with E-state index in [9.17, 15) is 4.39 Å². The molecule has 3 nitrogen and oxygen atoms in total. The van der Waals surface area contributed by atoms with Crippen LogP contribution in [0.4, 0.5) is 10.1 Å². The number of hydrogen-bond donors (Lipinski definition) is 2. The van der Waals surface area contributed by atoms with Gasteiger partial charge in [0.15, 0.2) is 5.96 Å². The summed E-state index contributed by atoms with van der Waals surface area (Å²) in [4.78, 5) is 4.14. The van der Waals surface area contributed by atoms with Crippen molar-refractivity contribution in [3.8, 4) is 0 Å². The molecule has 2 aromatic carbocycles. The predicted octanol–water partition coefficient (Wildman–Crippen LogP) is 3.82. The SMILES string of the molecule is Cc1ccc(NC(N)=NCc2cc(Br)ccc2F)cc1. The van der Waals surface area contributed by atoms with Crippen molar-refractivity contribution in [1.82, 2.24) is 0 Å². The highest BCUT2D eigenvalue weighted by atomic mass is 79.9. The van der Waals surface area contributed by atoms with Gasteiger partial charge in [0.05, 0.1) is 6.54 Å². The Balaban J connectivity index is 2.03. The summed E-state index contributed by atoms with van der Waals surface area (Å²) in [5.74, 6) is -0.0340. The summed E-state index contributed by atoms with van der Waals surface area (Å²) in [6, 6.07) is 12.5. The van der Waals surface area contributed by atoms with Crippen LogP contribution in [0.15, 0.2) is 51.9 Å². The minimum absolute atomic E-state index is 0.190. The summed E-state index contributed by atoms with van der Waals surface area (Å²) < 4.78 is 14.4. The number of aliphatic imine (C=N–C) groups is 1. The number of guanidine groups is 1. The topological polar surface area (TPSA) is 50.4 Å². The Labute approximate surface area is 125 Å². The molecule has 2 aromatic rings. The molecular formula is C15H15BrFN3. The highest BCUT2D eigenvalue weighted by Crippen LogP contribution is 2.16. The van der Waals surface area contributed by atoms with Crippen LogP contribution in [0, 0.1) is 12.7 Å². The van der Waals surface area contributed by atoms with Crippen molar-refractivity contribution in [1.29, 1.82) is 0 Å². The number of halogens is 2. The number of nitrogens with two attached hydrogens (primary N) is 1. The third kappa shape index (κ3) is 4.06. The van der Waals surface area contributed by atoms with Gasteiger partial charge in [-0.15, -0.1) is 0 Å². The molecule has 0 saturated carbocycles. The number of nitrogens with zero attached hydrogens (tertiary/aromatic N) is 1. The van der Waals surface area contributed by atoms with Gasteiger partial charge in [-0.3, -0.25) is 0 Å². The van der Waals surface area contributed by atoms with Crippen LogP contribution in [0.2, 0.25) is 0 Å². The summed E-state index contributed by atoms with van der Waals surface area (Å²) in [5, 5.41) is 2.97. The second-order valence-electron chi connectivity index (χ2n) is 4.43. The fourth-order valence-electron chi connectivity index (χ4n) is 1.66. The Bertz CT molecular complexity index is 624. The maximum absolute atomic E-state index is 13.5. The number of nitrogens with one attached hydrogen (secondary N) is 1. The normalized spacial score (nSPS) is 11.4. The molecule has 0 bridgehead atoms. The van der Waals surface area contributed by atoms with Crippen molar-refractivity contribution in [2.75, 3.05) is 5.32 Å². The van der Waals surface area contributed by atoms with Crippen LogP contribution in [-0.2, 0) is 6.54 Å². The molecule has 0 aliphatic rings. The fraction of sp³-hybridized carbons (Fsp3) is 0.133. The Morgan fingerprint density at radius 1 is 1.25 bits per heavy atom. The molecule has 0 radical (unpaired) electrons. The summed E-state index contributed by atoms with van der Waals surface area (Å²) in [6.07, 6.45) is 0. The molecule has 5 heteroatoms. The summed E-state index contributed by atoms with van der Waals surface area (Å²) in [5.41, 5.74) is 8.30. The van der Waals surface area contributed by atoms with Gasteiger partial charge in [0.2, 0.25) is 0 Å². The van der Waals surface area contributed by atoms with E-state index in [4.69, 9.17) is 5.73 Å². The first-order chi connectivity index (χ1) is 9.54. The number of hydrogen-bond acceptors (Lipinski definition) is 1. The largest absolute Gasteiger partial charge is 0.370 e. The monoisotopic (exact) mass is 335 g/mol. The molecular weight excluding hydrogens is 321 g/mol. The molecule has 0 aromatic heterocycles. The van der Waals surface area contributed by atoms with Crippen LogP contribution in [0.3, 0.4) is 0 Å². The molecule has 0 unspecified atom stereocenters. The number of benzene rings is 2. The lowest BCUT2D eigenvalue weighted by molar-refractivity contribution is 0.610. The van der Waals surface area contributed by atoms with Crippen molar-refractivity contribution >= 4 is 27.6 Å². The van der Waals surface area contributed by atoms with Gasteiger partial charge in [0.1, 0.15) is 5.82 Å². The summed E-state index contributed by atoms with van der Waals surface area (Å²) in [6.45, 7) is 2.20. The molecule has 0 atom stereocenters. The van der Waals surface area contributed by atoms with E-state index in [1.54, 1.807) is 12.1 Å². The first-order valence-corrected chi connectivity index (χ1v) is 6.91. The average molecular weight is 336 g/mol. The van der Waals surface area contributed by atoms with Gasteiger partial charge >= 0.3 is 0 Å². The number of aryl methyl sites for hydroxylation is 1. The third-order valence-corrected chi connectivity index (χ3v) is 3.24. The molecule has 3 N–H and O–H groups in total. The zero-order chi connectivity index (χ0) is 14.5. The van der Waals surface area contributed by atoms with Gasteiger partial charge < -0.3 is 11.1 Å². The van der Waals surface area contributed by atoms with E-state index in [1.807, 2.05) is 31.2 Å². The van der Waals surface area contributed by atoms with Crippen LogP contribution >= 0.6 is 15.9 Å². The molecule has 20 heavy (non-hydrogen) atoms. The molecule has 0 spiro atoms. The quantitative estimate of drug-likeness (QED) is 0.661. The first-order valence-electron chi connectivity index (χ1n) is 6.12. The van der Waals surface area contributed by atoms with Crippen molar-refractivity contribution in [2.24, 2.45) is 10.7 Å². The van der Waals surface area contributed by atoms with E-state index < -0.39 is 0 Å². The lowest BCUT2D eigenvalue weighted by Crippen LogP contribution is -2.22. The maximum Gasteiger partial charge on any atom is 0.193 e. The lowest BCUT2D eigenvalue weighted by Gasteiger charge is -2.06. The lowest BCUT2D eigenvalue weighted by atomic mass is 10.2. The van der Waals surface area contributed by atoms with E-state index in [1.165, 1.54) is 11.6 Å². The highest BCUT2D eigenvalue weighted by molar-refractivity contribution is 9.10. The van der Waals surface area contributed by atoms with Gasteiger partial charge in [-0.25, -0.2) is 9.38 Å². The fourth-order valence-corrected chi connectivity index (χ4v) is 2.07. The molecule has 0 aliphatic heterocycles. The van der Waals surface area contributed by atoms with Crippen LogP contribution in [0.1, 0.15) is 11.1 Å². The van der Waals surface area contributed by atoms with Gasteiger partial charge in [-0.05, 0) is 37.3 Å². The number of rotatable bonds is 3. The van der Waals surface area contributed by atoms with Crippen molar-refractivity contribution in [3.05, 3.63) is 63.9 Å². The Morgan fingerprint density at radius 2 is 1.95 bits per heavy atom. The van der Waals surface area contributed by atoms with Gasteiger partial charge in [0, 0.05) is 15.7 Å². The van der Waals surface area contributed by atoms with Crippen LogP contribution in [0.25, 0.3) is 0 Å². The zero-order valence-electron chi connectivity index (χ0n) is 11.0. The molecule has 0 amide bonds. The first kappa shape index (κ1) is 14.5. The second kappa shape index (κ2) is 6.52. The van der Waals surface area contributed by atoms with Crippen molar-refractivity contribution in [2.45, 2.75) is 13.5 Å². The predicted molar refractivity (Wildman–Crippen MR) is 84.2 cm³/mol. The maximum atomic E-state index is 13.5. The minimum atomic E-state index is -0.292. The van der Waals surface area contributed by atoms with E-state index in [2.05, 4.69) is 26.2 Å². The van der Waals surface area contributed by atoms with Gasteiger partial charge in [-0.1, -0.05) is 33.6 Å². The van der Waals surface area contributed by atoms with Crippen molar-refractivity contribution < 1.29 is 4.39 Å². The average Bonchev–Trinajstić information content (AvgIpc) is 2.42. The standard InChI is InChI=1S/C15H15BrFN3/c1-10-2-5-13(6-3-10)20-15(18)19-9-11-8-12(16)4-7-14(11)17/h2-8H,9H2,1H3,(H3,18,19,20). The molecule has 0 fully saturated rings. The molecule has 104 valence electrons. The van der Waals surface area contributed by atoms with Crippen LogP contribution in [-0.4, -0.2) is 5.96 Å². The van der Waals surface area contributed by atoms with E-state index in [-0.39, 0.29) is 18.3 Å². The minimum Gasteiger partial charge on any atom is -0.370 e. The smallest absolute Gasteiger partial charge is 0.193 e. The Morgan fingerprint density at radius 3 is 2.65 bits per heavy atom. The Kier molecular flexibility index (Phi) is 4.74. The molecule has 2 rings (SSSR count). The van der Waals surface area contributed by atoms with E-state index in [0.29, 0.717) is 5.56 Å². The molecule has 0 saturated heterocycles. The van der Waals surface area contributed by atoms with Gasteiger partial charge in [0.25, 0.3) is 0 Å².